The van der Waals surface area contributed by atoms with E-state index >= 15 is 0 Å². The number of carbonyl (C=O) groups is 1. The summed E-state index contributed by atoms with van der Waals surface area (Å²) in [5.74, 6) is -1.10. The Balaban J connectivity index is 1.85. The molecular weight excluding hydrogens is 405 g/mol. The van der Waals surface area contributed by atoms with Crippen LogP contribution >= 0.6 is 0 Å². The molecule has 0 aromatic heterocycles. The first-order chi connectivity index (χ1) is 14.4. The highest BCUT2D eigenvalue weighted by molar-refractivity contribution is 7.92. The molecule has 1 amide bonds. The van der Waals surface area contributed by atoms with Gasteiger partial charge in [0.25, 0.3) is 10.0 Å². The molecule has 3 aromatic carbocycles. The van der Waals surface area contributed by atoms with Crippen LogP contribution in [0.2, 0.25) is 0 Å². The minimum Gasteiger partial charge on any atom is -0.325 e. The van der Waals surface area contributed by atoms with Crippen LogP contribution in [-0.2, 0) is 21.2 Å². The number of sulfonamides is 1. The van der Waals surface area contributed by atoms with Crippen LogP contribution < -0.4 is 9.62 Å². The smallest absolute Gasteiger partial charge is 0.264 e. The van der Waals surface area contributed by atoms with Gasteiger partial charge in [-0.3, -0.25) is 9.10 Å². The maximum absolute atomic E-state index is 13.2. The van der Waals surface area contributed by atoms with Crippen LogP contribution in [0.5, 0.6) is 0 Å². The summed E-state index contributed by atoms with van der Waals surface area (Å²) >= 11 is 0. The Kier molecular flexibility index (Phi) is 6.45. The number of carbonyl (C=O) groups excluding carboxylic acids is 1. The van der Waals surface area contributed by atoms with Crippen molar-refractivity contribution in [2.45, 2.75) is 11.3 Å². The lowest BCUT2D eigenvalue weighted by molar-refractivity contribution is -0.114. The number of hydrogen-bond donors (Lipinski definition) is 1. The number of nitrogens with one attached hydrogen (secondary N) is 1. The predicted octanol–water partition coefficient (Wildman–Crippen LogP) is 3.73. The maximum Gasteiger partial charge on any atom is 0.264 e. The molecule has 0 unspecified atom stereocenters. The number of halogens is 1. The van der Waals surface area contributed by atoms with E-state index in [1.807, 2.05) is 6.07 Å². The summed E-state index contributed by atoms with van der Waals surface area (Å²) in [6.07, 6.45) is 0.256. The second-order valence-corrected chi connectivity index (χ2v) is 8.24. The lowest BCUT2D eigenvalue weighted by atomic mass is 10.1. The van der Waals surface area contributed by atoms with Gasteiger partial charge in [-0.15, -0.1) is 0 Å². The zero-order valence-electron chi connectivity index (χ0n) is 15.8. The topological polar surface area (TPSA) is 90.3 Å². The minimum atomic E-state index is -4.10. The second kappa shape index (κ2) is 9.20. The molecule has 0 saturated carbocycles. The number of para-hydroxylation sites is 1. The van der Waals surface area contributed by atoms with Crippen LogP contribution in [-0.4, -0.2) is 20.9 Å². The summed E-state index contributed by atoms with van der Waals surface area (Å²) in [5, 5.41) is 11.4. The van der Waals surface area contributed by atoms with Crippen molar-refractivity contribution in [3.8, 4) is 6.07 Å². The van der Waals surface area contributed by atoms with Crippen LogP contribution in [0.1, 0.15) is 5.56 Å². The molecule has 6 nitrogen and oxygen atoms in total. The molecule has 3 rings (SSSR count). The van der Waals surface area contributed by atoms with Gasteiger partial charge >= 0.3 is 0 Å². The van der Waals surface area contributed by atoms with E-state index in [2.05, 4.69) is 5.32 Å². The van der Waals surface area contributed by atoms with Crippen LogP contribution in [0, 0.1) is 17.1 Å². The summed E-state index contributed by atoms with van der Waals surface area (Å²) in [5.41, 5.74) is 1.59. The van der Waals surface area contributed by atoms with Gasteiger partial charge in [-0.25, -0.2) is 12.8 Å². The Morgan fingerprint density at radius 3 is 2.20 bits per heavy atom. The predicted molar refractivity (Wildman–Crippen MR) is 112 cm³/mol. The molecule has 1 N–H and O–H groups in total. The van der Waals surface area contributed by atoms with E-state index in [1.54, 1.807) is 54.6 Å². The molecule has 0 aliphatic heterocycles. The molecular formula is C22H18FN3O3S. The summed E-state index contributed by atoms with van der Waals surface area (Å²) < 4.78 is 40.5. The van der Waals surface area contributed by atoms with Gasteiger partial charge in [0, 0.05) is 5.69 Å². The van der Waals surface area contributed by atoms with Crippen LogP contribution in [0.4, 0.5) is 15.8 Å². The first-order valence-electron chi connectivity index (χ1n) is 8.99. The van der Waals surface area contributed by atoms with Gasteiger partial charge in [-0.1, -0.05) is 30.3 Å². The van der Waals surface area contributed by atoms with Gasteiger partial charge in [-0.05, 0) is 54.1 Å². The van der Waals surface area contributed by atoms with Crippen molar-refractivity contribution in [3.63, 3.8) is 0 Å². The molecule has 0 radical (unpaired) electrons. The molecule has 152 valence electrons. The summed E-state index contributed by atoms with van der Waals surface area (Å²) in [4.78, 5) is 12.5. The van der Waals surface area contributed by atoms with E-state index in [4.69, 9.17) is 5.26 Å². The van der Waals surface area contributed by atoms with Crippen molar-refractivity contribution < 1.29 is 17.6 Å². The molecule has 30 heavy (non-hydrogen) atoms. The largest absolute Gasteiger partial charge is 0.325 e. The van der Waals surface area contributed by atoms with Crippen LogP contribution in [0.15, 0.2) is 83.8 Å². The van der Waals surface area contributed by atoms with E-state index in [0.717, 1.165) is 34.1 Å². The van der Waals surface area contributed by atoms with Crippen molar-refractivity contribution in [1.29, 1.82) is 5.26 Å². The fraction of sp³-hybridized carbons (Fsp3) is 0.0909. The van der Waals surface area contributed by atoms with Gasteiger partial charge in [0.1, 0.15) is 12.4 Å². The zero-order chi connectivity index (χ0) is 21.6. The van der Waals surface area contributed by atoms with Crippen molar-refractivity contribution in [3.05, 3.63) is 90.2 Å². The Bertz CT molecular complexity index is 1160. The molecule has 0 aliphatic carbocycles. The lowest BCUT2D eigenvalue weighted by Crippen LogP contribution is -2.38. The SMILES string of the molecule is N#CCc1ccc(NC(=O)CN(c2ccccc2)S(=O)(=O)c2ccc(F)cc2)cc1. The zero-order valence-corrected chi connectivity index (χ0v) is 16.6. The fourth-order valence-corrected chi connectivity index (χ4v) is 4.19. The highest BCUT2D eigenvalue weighted by atomic mass is 32.2. The van der Waals surface area contributed by atoms with Gasteiger partial charge < -0.3 is 5.32 Å². The number of nitrogens with zero attached hydrogens (tertiary/aromatic N) is 2. The monoisotopic (exact) mass is 423 g/mol. The number of nitriles is 1. The van der Waals surface area contributed by atoms with Crippen LogP contribution in [0.25, 0.3) is 0 Å². The standard InChI is InChI=1S/C22H18FN3O3S/c23-18-8-12-21(13-9-18)30(28,29)26(20-4-2-1-3-5-20)16-22(27)25-19-10-6-17(7-11-19)14-15-24/h1-13H,14,16H2,(H,25,27). The van der Waals surface area contributed by atoms with E-state index < -0.39 is 28.3 Å². The molecule has 0 saturated heterocycles. The summed E-state index contributed by atoms with van der Waals surface area (Å²) in [6, 6.07) is 21.4. The third-order valence-electron chi connectivity index (χ3n) is 4.25. The Labute approximate surface area is 174 Å². The first-order valence-corrected chi connectivity index (χ1v) is 10.4. The quantitative estimate of drug-likeness (QED) is 0.627. The molecule has 0 aliphatic rings. The Hall–Kier alpha value is -3.70. The Morgan fingerprint density at radius 1 is 0.967 bits per heavy atom. The summed E-state index contributed by atoms with van der Waals surface area (Å²) in [6.45, 7) is -0.469. The third-order valence-corrected chi connectivity index (χ3v) is 6.04. The maximum atomic E-state index is 13.2. The molecule has 3 aromatic rings. The van der Waals surface area contributed by atoms with Crippen LogP contribution in [0.3, 0.4) is 0 Å². The second-order valence-electron chi connectivity index (χ2n) is 6.38. The molecule has 0 heterocycles. The summed E-state index contributed by atoms with van der Waals surface area (Å²) in [7, 11) is -4.10. The normalized spacial score (nSPS) is 10.8. The van der Waals surface area contributed by atoms with E-state index in [-0.39, 0.29) is 11.3 Å². The van der Waals surface area contributed by atoms with Gasteiger partial charge in [0.05, 0.1) is 23.1 Å². The number of anilines is 2. The highest BCUT2D eigenvalue weighted by Gasteiger charge is 2.27. The third kappa shape index (κ3) is 5.01. The van der Waals surface area contributed by atoms with E-state index in [1.165, 1.54) is 0 Å². The number of amides is 1. The number of rotatable bonds is 7. The van der Waals surface area contributed by atoms with Crippen molar-refractivity contribution >= 4 is 27.3 Å². The first kappa shape index (κ1) is 21.0. The molecule has 0 atom stereocenters. The average Bonchev–Trinajstić information content (AvgIpc) is 2.74. The fourth-order valence-electron chi connectivity index (χ4n) is 2.77. The van der Waals surface area contributed by atoms with E-state index in [9.17, 15) is 17.6 Å². The van der Waals surface area contributed by atoms with Gasteiger partial charge in [0.15, 0.2) is 0 Å². The van der Waals surface area contributed by atoms with Gasteiger partial charge in [0.2, 0.25) is 5.91 Å². The van der Waals surface area contributed by atoms with E-state index in [0.29, 0.717) is 11.4 Å². The number of hydrogen-bond acceptors (Lipinski definition) is 4. The molecule has 0 spiro atoms. The molecule has 8 heteroatoms. The van der Waals surface area contributed by atoms with Crippen molar-refractivity contribution in [2.75, 3.05) is 16.2 Å². The van der Waals surface area contributed by atoms with Crippen molar-refractivity contribution in [1.82, 2.24) is 0 Å². The lowest BCUT2D eigenvalue weighted by Gasteiger charge is -2.24. The van der Waals surface area contributed by atoms with Gasteiger partial charge in [-0.2, -0.15) is 5.26 Å². The highest BCUT2D eigenvalue weighted by Crippen LogP contribution is 2.24. The molecule has 0 fully saturated rings. The average molecular weight is 423 g/mol. The minimum absolute atomic E-state index is 0.124. The Morgan fingerprint density at radius 2 is 1.60 bits per heavy atom. The van der Waals surface area contributed by atoms with Crippen molar-refractivity contribution in [2.24, 2.45) is 0 Å². The molecule has 0 bridgehead atoms. The number of benzene rings is 3.